The number of aliphatic hydroxyl groups is 1. The maximum atomic E-state index is 11.0. The minimum Gasteiger partial charge on any atom is -0.481 e. The highest BCUT2D eigenvalue weighted by Gasteiger charge is 2.50. The van der Waals surface area contributed by atoms with Crippen molar-refractivity contribution >= 4 is 5.97 Å². The van der Waals surface area contributed by atoms with Crippen molar-refractivity contribution in [1.82, 2.24) is 0 Å². The van der Waals surface area contributed by atoms with Crippen molar-refractivity contribution in [2.75, 3.05) is 13.2 Å². The average Bonchev–Trinajstić information content (AvgIpc) is 2.78. The summed E-state index contributed by atoms with van der Waals surface area (Å²) in [5.41, 5.74) is 1.03. The fourth-order valence-electron chi connectivity index (χ4n) is 4.94. The third kappa shape index (κ3) is 4.52. The third-order valence-corrected chi connectivity index (χ3v) is 6.92. The van der Waals surface area contributed by atoms with E-state index in [9.17, 15) is 9.90 Å². The molecule has 1 atom stereocenters. The highest BCUT2D eigenvalue weighted by molar-refractivity contribution is 5.67. The Bertz CT molecular complexity index is 838. The predicted octanol–water partition coefficient (Wildman–Crippen LogP) is 5.13. The Balaban J connectivity index is 1.40. The number of ether oxygens (including phenoxy) is 2. The molecule has 0 aromatic heterocycles. The molecule has 0 amide bonds. The van der Waals surface area contributed by atoms with Crippen LogP contribution in [0.1, 0.15) is 50.5 Å². The summed E-state index contributed by atoms with van der Waals surface area (Å²) in [6.45, 7) is 0.628. The van der Waals surface area contributed by atoms with Gasteiger partial charge in [0, 0.05) is 6.61 Å². The van der Waals surface area contributed by atoms with Crippen molar-refractivity contribution in [2.45, 2.75) is 50.5 Å². The van der Waals surface area contributed by atoms with Crippen LogP contribution >= 0.6 is 0 Å². The molecule has 1 saturated carbocycles. The van der Waals surface area contributed by atoms with E-state index in [1.54, 1.807) is 0 Å². The van der Waals surface area contributed by atoms with E-state index >= 15 is 0 Å². The Kier molecular flexibility index (Phi) is 6.11. The second-order valence-corrected chi connectivity index (χ2v) is 8.91. The lowest BCUT2D eigenvalue weighted by atomic mass is 9.62. The van der Waals surface area contributed by atoms with Gasteiger partial charge in [-0.2, -0.15) is 0 Å². The summed E-state index contributed by atoms with van der Waals surface area (Å²) in [5.74, 6) is 0.627. The number of aliphatic carboxylic acids is 1. The van der Waals surface area contributed by atoms with Gasteiger partial charge in [-0.25, -0.2) is 0 Å². The first-order valence-electron chi connectivity index (χ1n) is 10.8. The minimum absolute atomic E-state index is 0.0333. The molecule has 2 aliphatic heterocycles. The maximum absolute atomic E-state index is 11.0. The second kappa shape index (κ2) is 8.78. The number of benzene rings is 2. The highest BCUT2D eigenvalue weighted by atomic mass is 16.5. The monoisotopic (exact) mass is 410 g/mol. The van der Waals surface area contributed by atoms with E-state index in [1.807, 2.05) is 42.5 Å². The van der Waals surface area contributed by atoms with E-state index < -0.39 is 5.97 Å². The molecule has 160 valence electrons. The lowest BCUT2D eigenvalue weighted by Crippen LogP contribution is -2.49. The topological polar surface area (TPSA) is 76.0 Å². The molecule has 2 bridgehead atoms. The molecule has 1 unspecified atom stereocenters. The normalized spacial score (nSPS) is 26.3. The summed E-state index contributed by atoms with van der Waals surface area (Å²) in [6, 6.07) is 18.0. The molecule has 2 N–H and O–H groups in total. The third-order valence-electron chi connectivity index (χ3n) is 6.92. The van der Waals surface area contributed by atoms with Crippen LogP contribution in [0.15, 0.2) is 54.6 Å². The fourth-order valence-corrected chi connectivity index (χ4v) is 4.94. The van der Waals surface area contributed by atoms with Crippen molar-refractivity contribution in [2.24, 2.45) is 11.3 Å². The summed E-state index contributed by atoms with van der Waals surface area (Å²) in [5, 5.41) is 18.5. The van der Waals surface area contributed by atoms with Crippen LogP contribution in [-0.4, -0.2) is 29.4 Å². The van der Waals surface area contributed by atoms with Gasteiger partial charge in [-0.05, 0) is 79.7 Å². The van der Waals surface area contributed by atoms with Gasteiger partial charge in [-0.3, -0.25) is 4.79 Å². The SMILES string of the molecule is O=C(O)CC(CO)CCC12CCC(c3cccc(Oc4ccccc4)c3)(CC1)OC2. The average molecular weight is 411 g/mol. The number of fused-ring (bicyclic) bond motifs is 3. The van der Waals surface area contributed by atoms with Gasteiger partial charge in [0.15, 0.2) is 0 Å². The van der Waals surface area contributed by atoms with Crippen molar-refractivity contribution < 1.29 is 24.5 Å². The molecule has 30 heavy (non-hydrogen) atoms. The molecule has 5 nitrogen and oxygen atoms in total. The molecule has 0 radical (unpaired) electrons. The second-order valence-electron chi connectivity index (χ2n) is 8.91. The van der Waals surface area contributed by atoms with E-state index in [0.717, 1.165) is 50.0 Å². The van der Waals surface area contributed by atoms with Gasteiger partial charge in [-0.15, -0.1) is 0 Å². The van der Waals surface area contributed by atoms with Crippen LogP contribution in [-0.2, 0) is 15.1 Å². The molecule has 3 aliphatic rings. The van der Waals surface area contributed by atoms with Gasteiger partial charge < -0.3 is 19.7 Å². The predicted molar refractivity (Wildman–Crippen MR) is 114 cm³/mol. The summed E-state index contributed by atoms with van der Waals surface area (Å²) >= 11 is 0. The molecule has 2 saturated heterocycles. The molecule has 2 heterocycles. The molecule has 3 fully saturated rings. The van der Waals surface area contributed by atoms with Gasteiger partial charge in [0.05, 0.1) is 18.6 Å². The van der Waals surface area contributed by atoms with Crippen LogP contribution in [0.2, 0.25) is 0 Å². The van der Waals surface area contributed by atoms with E-state index in [-0.39, 0.29) is 30.0 Å². The number of hydrogen-bond donors (Lipinski definition) is 2. The number of hydrogen-bond acceptors (Lipinski definition) is 4. The lowest BCUT2D eigenvalue weighted by Gasteiger charge is -2.54. The number of aliphatic hydroxyl groups excluding tert-OH is 1. The van der Waals surface area contributed by atoms with Gasteiger partial charge in [0.2, 0.25) is 0 Å². The van der Waals surface area contributed by atoms with Crippen LogP contribution in [0.3, 0.4) is 0 Å². The van der Waals surface area contributed by atoms with Gasteiger partial charge in [0.25, 0.3) is 0 Å². The molecule has 5 rings (SSSR count). The Morgan fingerprint density at radius 2 is 1.77 bits per heavy atom. The first-order chi connectivity index (χ1) is 14.5. The zero-order chi connectivity index (χ0) is 21.0. The van der Waals surface area contributed by atoms with Crippen LogP contribution < -0.4 is 4.74 Å². The minimum atomic E-state index is -0.841. The van der Waals surface area contributed by atoms with E-state index in [0.29, 0.717) is 6.61 Å². The Labute approximate surface area is 177 Å². The summed E-state index contributed by atoms with van der Waals surface area (Å²) in [7, 11) is 0. The van der Waals surface area contributed by atoms with E-state index in [1.165, 1.54) is 5.56 Å². The number of carboxylic acid groups (broad SMARTS) is 1. The number of carboxylic acids is 1. The van der Waals surface area contributed by atoms with Gasteiger partial charge >= 0.3 is 5.97 Å². The highest BCUT2D eigenvalue weighted by Crippen LogP contribution is 2.55. The van der Waals surface area contributed by atoms with Gasteiger partial charge in [-0.1, -0.05) is 30.3 Å². The molecular formula is C25H30O5. The molecule has 2 aromatic carbocycles. The molecule has 0 spiro atoms. The summed E-state index contributed by atoms with van der Waals surface area (Å²) in [6.07, 6.45) is 5.75. The smallest absolute Gasteiger partial charge is 0.303 e. The quantitative estimate of drug-likeness (QED) is 0.599. The standard InChI is InChI=1S/C25H30O5/c26-17-19(15-23(27)28)9-10-24-11-13-25(14-12-24,29-18-24)20-5-4-8-22(16-20)30-21-6-2-1-3-7-21/h1-8,16,19,26H,9-15,17-18H2,(H,27,28). The van der Waals surface area contributed by atoms with Crippen LogP contribution in [0.5, 0.6) is 11.5 Å². The molecule has 5 heteroatoms. The van der Waals surface area contributed by atoms with Crippen LogP contribution in [0.25, 0.3) is 0 Å². The summed E-state index contributed by atoms with van der Waals surface area (Å²) < 4.78 is 12.5. The zero-order valence-electron chi connectivity index (χ0n) is 17.3. The van der Waals surface area contributed by atoms with Crippen molar-refractivity contribution in [1.29, 1.82) is 0 Å². The number of para-hydroxylation sites is 1. The largest absolute Gasteiger partial charge is 0.481 e. The fraction of sp³-hybridized carbons (Fsp3) is 0.480. The van der Waals surface area contributed by atoms with Crippen molar-refractivity contribution in [3.05, 3.63) is 60.2 Å². The van der Waals surface area contributed by atoms with Crippen LogP contribution in [0.4, 0.5) is 0 Å². The summed E-state index contributed by atoms with van der Waals surface area (Å²) in [4.78, 5) is 11.0. The van der Waals surface area contributed by atoms with Gasteiger partial charge in [0.1, 0.15) is 11.5 Å². The first kappa shape index (κ1) is 20.9. The van der Waals surface area contributed by atoms with Crippen molar-refractivity contribution in [3.8, 4) is 11.5 Å². The lowest BCUT2D eigenvalue weighted by molar-refractivity contribution is -0.192. The molecule has 2 aromatic rings. The molecule has 1 aliphatic carbocycles. The van der Waals surface area contributed by atoms with E-state index in [2.05, 4.69) is 12.1 Å². The van der Waals surface area contributed by atoms with E-state index in [4.69, 9.17) is 14.6 Å². The number of carbonyl (C=O) groups is 1. The first-order valence-corrected chi connectivity index (χ1v) is 10.8. The maximum Gasteiger partial charge on any atom is 0.303 e. The zero-order valence-corrected chi connectivity index (χ0v) is 17.3. The number of rotatable bonds is 9. The Morgan fingerprint density at radius 3 is 2.40 bits per heavy atom. The molecular weight excluding hydrogens is 380 g/mol. The Morgan fingerprint density at radius 1 is 1.03 bits per heavy atom. The van der Waals surface area contributed by atoms with Crippen LogP contribution in [0, 0.1) is 11.3 Å². The van der Waals surface area contributed by atoms with Crippen molar-refractivity contribution in [3.63, 3.8) is 0 Å². The Hall–Kier alpha value is -2.37.